The molecule has 0 radical (unpaired) electrons. The molecule has 0 aliphatic carbocycles. The van der Waals surface area contributed by atoms with Crippen LogP contribution in [-0.2, 0) is 0 Å². The summed E-state index contributed by atoms with van der Waals surface area (Å²) in [5.74, 6) is -0.216. The van der Waals surface area contributed by atoms with Gasteiger partial charge in [-0.3, -0.25) is 20.2 Å². The third-order valence-corrected chi connectivity index (χ3v) is 1.85. The molecule has 9 nitrogen and oxygen atoms in total. The lowest BCUT2D eigenvalue weighted by atomic mass is 10.2. The molecule has 3 N–H and O–H groups in total. The van der Waals surface area contributed by atoms with Crippen molar-refractivity contribution in [2.45, 2.75) is 0 Å². The first-order valence-electron chi connectivity index (χ1n) is 4.43. The van der Waals surface area contributed by atoms with Crippen LogP contribution in [0.5, 0.6) is 5.75 Å². The number of nitrogen functional groups attached to an aromatic ring is 1. The van der Waals surface area contributed by atoms with Crippen molar-refractivity contribution in [3.8, 4) is 5.75 Å². The molecule has 0 amide bonds. The number of rotatable bonds is 5. The molecule has 0 aliphatic heterocycles. The number of aliphatic hydroxyl groups is 1. The van der Waals surface area contributed by atoms with Gasteiger partial charge < -0.3 is 15.6 Å². The molecule has 9 heteroatoms. The molecule has 0 bridgehead atoms. The van der Waals surface area contributed by atoms with Crippen LogP contribution in [0.1, 0.15) is 0 Å². The molecule has 0 spiro atoms. The van der Waals surface area contributed by atoms with Crippen LogP contribution < -0.4 is 10.5 Å². The molecule has 1 aromatic rings. The first kappa shape index (κ1) is 12.6. The number of hydrogen-bond donors (Lipinski definition) is 2. The van der Waals surface area contributed by atoms with Crippen molar-refractivity contribution in [2.24, 2.45) is 0 Å². The van der Waals surface area contributed by atoms with Gasteiger partial charge in [0, 0.05) is 6.07 Å². The average molecular weight is 243 g/mol. The van der Waals surface area contributed by atoms with Crippen LogP contribution in [0, 0.1) is 20.2 Å². The van der Waals surface area contributed by atoms with Gasteiger partial charge in [0.25, 0.3) is 5.69 Å². The van der Waals surface area contributed by atoms with E-state index in [1.165, 1.54) is 0 Å². The zero-order valence-corrected chi connectivity index (χ0v) is 8.53. The number of benzene rings is 1. The molecule has 0 unspecified atom stereocenters. The van der Waals surface area contributed by atoms with E-state index in [-0.39, 0.29) is 24.7 Å². The maximum atomic E-state index is 10.7. The summed E-state index contributed by atoms with van der Waals surface area (Å²) in [6.45, 7) is -0.508. The van der Waals surface area contributed by atoms with Crippen LogP contribution in [-0.4, -0.2) is 28.2 Å². The Labute approximate surface area is 94.7 Å². The summed E-state index contributed by atoms with van der Waals surface area (Å²) < 4.78 is 4.87. The van der Waals surface area contributed by atoms with Crippen LogP contribution >= 0.6 is 0 Å². The Morgan fingerprint density at radius 1 is 1.24 bits per heavy atom. The summed E-state index contributed by atoms with van der Waals surface area (Å²) in [4.78, 5) is 19.6. The van der Waals surface area contributed by atoms with E-state index in [9.17, 15) is 20.2 Å². The Morgan fingerprint density at radius 2 is 1.82 bits per heavy atom. The fourth-order valence-corrected chi connectivity index (χ4v) is 1.15. The van der Waals surface area contributed by atoms with E-state index in [2.05, 4.69) is 0 Å². The quantitative estimate of drug-likeness (QED) is 0.434. The molecule has 92 valence electrons. The Kier molecular flexibility index (Phi) is 3.78. The standard InChI is InChI=1S/C8H9N3O6/c9-5-3-8(17-2-1-12)7(11(15)16)4-6(5)10(13)14/h3-4,12H,1-2,9H2. The molecule has 0 atom stereocenters. The normalized spacial score (nSPS) is 9.94. The highest BCUT2D eigenvalue weighted by atomic mass is 16.6. The lowest BCUT2D eigenvalue weighted by molar-refractivity contribution is -0.394. The molecule has 0 saturated carbocycles. The predicted octanol–water partition coefficient (Wildman–Crippen LogP) is 0.456. The third kappa shape index (κ3) is 2.78. The van der Waals surface area contributed by atoms with Gasteiger partial charge in [0.05, 0.1) is 22.5 Å². The molecule has 0 heterocycles. The van der Waals surface area contributed by atoms with Crippen molar-refractivity contribution in [1.29, 1.82) is 0 Å². The fourth-order valence-electron chi connectivity index (χ4n) is 1.15. The number of aliphatic hydroxyl groups excluding tert-OH is 1. The highest BCUT2D eigenvalue weighted by Gasteiger charge is 2.24. The third-order valence-electron chi connectivity index (χ3n) is 1.85. The molecule has 0 fully saturated rings. The smallest absolute Gasteiger partial charge is 0.317 e. The van der Waals surface area contributed by atoms with Crippen molar-refractivity contribution < 1.29 is 19.7 Å². The maximum absolute atomic E-state index is 10.7. The first-order chi connectivity index (χ1) is 7.97. The fraction of sp³-hybridized carbons (Fsp3) is 0.250. The number of hydrogen-bond acceptors (Lipinski definition) is 7. The van der Waals surface area contributed by atoms with Crippen LogP contribution in [0.3, 0.4) is 0 Å². The molecular weight excluding hydrogens is 234 g/mol. The van der Waals surface area contributed by atoms with Gasteiger partial charge in [-0.1, -0.05) is 0 Å². The summed E-state index contributed by atoms with van der Waals surface area (Å²) in [7, 11) is 0. The highest BCUT2D eigenvalue weighted by molar-refractivity contribution is 5.68. The Balaban J connectivity index is 3.25. The Hall–Kier alpha value is -2.42. The largest absolute Gasteiger partial charge is 0.484 e. The summed E-state index contributed by atoms with van der Waals surface area (Å²) in [5, 5.41) is 29.7. The van der Waals surface area contributed by atoms with Crippen molar-refractivity contribution >= 4 is 17.1 Å². The number of ether oxygens (including phenoxy) is 1. The highest BCUT2D eigenvalue weighted by Crippen LogP contribution is 2.35. The number of nitrogens with two attached hydrogens (primary N) is 1. The number of nitro benzene ring substituents is 2. The molecule has 0 saturated heterocycles. The molecule has 0 aliphatic rings. The zero-order valence-electron chi connectivity index (χ0n) is 8.53. The molecule has 17 heavy (non-hydrogen) atoms. The lowest BCUT2D eigenvalue weighted by Crippen LogP contribution is -2.06. The van der Waals surface area contributed by atoms with Crippen LogP contribution in [0.4, 0.5) is 17.1 Å². The SMILES string of the molecule is Nc1cc(OCCO)c([N+](=O)[O-])cc1[N+](=O)[O-]. The monoisotopic (exact) mass is 243 g/mol. The van der Waals surface area contributed by atoms with Gasteiger partial charge in [0.1, 0.15) is 12.3 Å². The lowest BCUT2D eigenvalue weighted by Gasteiger charge is -2.06. The number of nitrogens with zero attached hydrogens (tertiary/aromatic N) is 2. The summed E-state index contributed by atoms with van der Waals surface area (Å²) >= 11 is 0. The van der Waals surface area contributed by atoms with Gasteiger partial charge >= 0.3 is 5.69 Å². The molecule has 1 aromatic carbocycles. The topological polar surface area (TPSA) is 142 Å². The van der Waals surface area contributed by atoms with E-state index in [0.29, 0.717) is 0 Å². The second kappa shape index (κ2) is 5.07. The minimum atomic E-state index is -0.821. The van der Waals surface area contributed by atoms with Gasteiger partial charge in [0.15, 0.2) is 5.75 Å². The number of nitro groups is 2. The van der Waals surface area contributed by atoms with E-state index in [0.717, 1.165) is 12.1 Å². The Morgan fingerprint density at radius 3 is 2.29 bits per heavy atom. The van der Waals surface area contributed by atoms with Crippen molar-refractivity contribution in [3.05, 3.63) is 32.4 Å². The van der Waals surface area contributed by atoms with Gasteiger partial charge in [-0.25, -0.2) is 0 Å². The zero-order chi connectivity index (χ0) is 13.0. The van der Waals surface area contributed by atoms with Crippen LogP contribution in [0.2, 0.25) is 0 Å². The van der Waals surface area contributed by atoms with Crippen molar-refractivity contribution in [2.75, 3.05) is 18.9 Å². The van der Waals surface area contributed by atoms with E-state index in [1.807, 2.05) is 0 Å². The Bertz CT molecular complexity index is 461. The van der Waals surface area contributed by atoms with Crippen molar-refractivity contribution in [1.82, 2.24) is 0 Å². The van der Waals surface area contributed by atoms with E-state index < -0.39 is 21.2 Å². The number of anilines is 1. The second-order valence-electron chi connectivity index (χ2n) is 2.97. The van der Waals surface area contributed by atoms with Crippen LogP contribution in [0.15, 0.2) is 12.1 Å². The maximum Gasteiger partial charge on any atom is 0.317 e. The summed E-state index contributed by atoms with van der Waals surface area (Å²) in [6, 6.07) is 1.72. The molecule has 1 rings (SSSR count). The first-order valence-corrected chi connectivity index (χ1v) is 4.43. The van der Waals surface area contributed by atoms with E-state index in [1.54, 1.807) is 0 Å². The minimum Gasteiger partial charge on any atom is -0.484 e. The average Bonchev–Trinajstić information content (AvgIpc) is 2.25. The van der Waals surface area contributed by atoms with E-state index in [4.69, 9.17) is 15.6 Å². The summed E-state index contributed by atoms with van der Waals surface area (Å²) in [6.07, 6.45) is 0. The van der Waals surface area contributed by atoms with Crippen molar-refractivity contribution in [3.63, 3.8) is 0 Å². The van der Waals surface area contributed by atoms with Gasteiger partial charge in [-0.15, -0.1) is 0 Å². The van der Waals surface area contributed by atoms with Gasteiger partial charge in [0.2, 0.25) is 0 Å². The predicted molar refractivity (Wildman–Crippen MR) is 56.7 cm³/mol. The van der Waals surface area contributed by atoms with E-state index >= 15 is 0 Å². The minimum absolute atomic E-state index is 0.169. The van der Waals surface area contributed by atoms with Gasteiger partial charge in [-0.2, -0.15) is 0 Å². The second-order valence-corrected chi connectivity index (χ2v) is 2.97. The van der Waals surface area contributed by atoms with Gasteiger partial charge in [-0.05, 0) is 0 Å². The van der Waals surface area contributed by atoms with Crippen LogP contribution in [0.25, 0.3) is 0 Å². The molecular formula is C8H9N3O6. The summed E-state index contributed by atoms with van der Waals surface area (Å²) in [5.41, 5.74) is 3.98. The molecule has 0 aromatic heterocycles.